The van der Waals surface area contributed by atoms with Crippen LogP contribution < -0.4 is 4.74 Å². The quantitative estimate of drug-likeness (QED) is 0.565. The Bertz CT molecular complexity index is 352. The second kappa shape index (κ2) is 6.67. The summed E-state index contributed by atoms with van der Waals surface area (Å²) in [7, 11) is 0. The van der Waals surface area contributed by atoms with E-state index in [2.05, 4.69) is 0 Å². The van der Waals surface area contributed by atoms with E-state index < -0.39 is 0 Å². The highest BCUT2D eigenvalue weighted by atomic mass is 16.5. The molecule has 1 rings (SSSR count). The number of esters is 1. The highest BCUT2D eigenvalue weighted by molar-refractivity contribution is 5.89. The van der Waals surface area contributed by atoms with Crippen LogP contribution in [0.4, 0.5) is 0 Å². The predicted octanol–water partition coefficient (Wildman–Crippen LogP) is 2.82. The van der Waals surface area contributed by atoms with Crippen molar-refractivity contribution < 1.29 is 14.3 Å². The minimum absolute atomic E-state index is 0.303. The highest BCUT2D eigenvalue weighted by Gasteiger charge is 2.05. The zero-order chi connectivity index (χ0) is 11.8. The molecule has 0 aliphatic heterocycles. The second-order valence-electron chi connectivity index (χ2n) is 3.12. The van der Waals surface area contributed by atoms with Gasteiger partial charge < -0.3 is 9.47 Å². The molecular formula is C13H16O3. The fourth-order valence-corrected chi connectivity index (χ4v) is 1.14. The van der Waals surface area contributed by atoms with E-state index in [0.717, 1.165) is 5.75 Å². The monoisotopic (exact) mass is 220 g/mol. The SMILES string of the molecule is CC=CCOc1ccc(C(=O)OCC)cc1. The predicted molar refractivity (Wildman–Crippen MR) is 62.7 cm³/mol. The Labute approximate surface area is 95.7 Å². The van der Waals surface area contributed by atoms with Gasteiger partial charge in [0.2, 0.25) is 0 Å². The van der Waals surface area contributed by atoms with Crippen molar-refractivity contribution in [1.29, 1.82) is 0 Å². The Morgan fingerprint density at radius 3 is 2.56 bits per heavy atom. The van der Waals surface area contributed by atoms with Crippen LogP contribution in [-0.2, 0) is 4.74 Å². The van der Waals surface area contributed by atoms with E-state index in [1.807, 2.05) is 19.1 Å². The molecule has 1 aromatic rings. The highest BCUT2D eigenvalue weighted by Crippen LogP contribution is 2.12. The third kappa shape index (κ3) is 3.77. The van der Waals surface area contributed by atoms with Crippen molar-refractivity contribution in [2.75, 3.05) is 13.2 Å². The van der Waals surface area contributed by atoms with Gasteiger partial charge in [0.15, 0.2) is 0 Å². The molecule has 0 unspecified atom stereocenters. The van der Waals surface area contributed by atoms with Crippen LogP contribution in [0.2, 0.25) is 0 Å². The number of benzene rings is 1. The van der Waals surface area contributed by atoms with Crippen LogP contribution in [0.5, 0.6) is 5.75 Å². The number of hydrogen-bond acceptors (Lipinski definition) is 3. The fourth-order valence-electron chi connectivity index (χ4n) is 1.14. The Morgan fingerprint density at radius 2 is 2.00 bits per heavy atom. The first kappa shape index (κ1) is 12.3. The lowest BCUT2D eigenvalue weighted by atomic mass is 10.2. The molecule has 0 aliphatic carbocycles. The summed E-state index contributed by atoms with van der Waals surface area (Å²) in [6, 6.07) is 6.91. The maximum absolute atomic E-state index is 11.3. The minimum atomic E-state index is -0.303. The van der Waals surface area contributed by atoms with Crippen molar-refractivity contribution in [2.45, 2.75) is 13.8 Å². The van der Waals surface area contributed by atoms with E-state index in [1.165, 1.54) is 0 Å². The molecule has 0 aliphatic rings. The molecule has 16 heavy (non-hydrogen) atoms. The molecule has 0 N–H and O–H groups in total. The summed E-state index contributed by atoms with van der Waals surface area (Å²) in [5.74, 6) is 0.439. The van der Waals surface area contributed by atoms with Crippen LogP contribution in [0.3, 0.4) is 0 Å². The van der Waals surface area contributed by atoms with E-state index in [9.17, 15) is 4.79 Å². The molecule has 3 nitrogen and oxygen atoms in total. The largest absolute Gasteiger partial charge is 0.490 e. The molecule has 0 heterocycles. The van der Waals surface area contributed by atoms with Crippen LogP contribution in [0, 0.1) is 0 Å². The summed E-state index contributed by atoms with van der Waals surface area (Å²) in [6.07, 6.45) is 3.84. The average molecular weight is 220 g/mol. The smallest absolute Gasteiger partial charge is 0.338 e. The molecule has 0 saturated heterocycles. The Kier molecular flexibility index (Phi) is 5.12. The third-order valence-corrected chi connectivity index (χ3v) is 1.95. The van der Waals surface area contributed by atoms with Crippen LogP contribution in [0.15, 0.2) is 36.4 Å². The molecule has 0 aromatic heterocycles. The Hall–Kier alpha value is -1.77. The van der Waals surface area contributed by atoms with Crippen molar-refractivity contribution in [3.8, 4) is 5.75 Å². The number of rotatable bonds is 5. The minimum Gasteiger partial charge on any atom is -0.490 e. The van der Waals surface area contributed by atoms with Gasteiger partial charge in [-0.25, -0.2) is 4.79 Å². The first-order valence-corrected chi connectivity index (χ1v) is 5.29. The Morgan fingerprint density at radius 1 is 1.31 bits per heavy atom. The van der Waals surface area contributed by atoms with Gasteiger partial charge in [-0.1, -0.05) is 12.2 Å². The van der Waals surface area contributed by atoms with Gasteiger partial charge in [-0.3, -0.25) is 0 Å². The summed E-state index contributed by atoms with van der Waals surface area (Å²) in [6.45, 7) is 4.65. The van der Waals surface area contributed by atoms with Crippen LogP contribution in [0.1, 0.15) is 24.2 Å². The lowest BCUT2D eigenvalue weighted by Gasteiger charge is -2.04. The van der Waals surface area contributed by atoms with Crippen LogP contribution >= 0.6 is 0 Å². The standard InChI is InChI=1S/C13H16O3/c1-3-5-10-16-12-8-6-11(7-9-12)13(14)15-4-2/h3,5-9H,4,10H2,1-2H3. The Balaban J connectivity index is 2.57. The lowest BCUT2D eigenvalue weighted by molar-refractivity contribution is 0.0526. The van der Waals surface area contributed by atoms with Crippen LogP contribution in [-0.4, -0.2) is 19.2 Å². The third-order valence-electron chi connectivity index (χ3n) is 1.95. The zero-order valence-electron chi connectivity index (χ0n) is 9.60. The summed E-state index contributed by atoms with van der Waals surface area (Å²) in [5, 5.41) is 0. The molecule has 0 spiro atoms. The number of hydrogen-bond donors (Lipinski definition) is 0. The molecule has 0 radical (unpaired) electrons. The van der Waals surface area contributed by atoms with Gasteiger partial charge in [-0.05, 0) is 38.1 Å². The first-order valence-electron chi connectivity index (χ1n) is 5.29. The fraction of sp³-hybridized carbons (Fsp3) is 0.308. The van der Waals surface area contributed by atoms with Crippen molar-refractivity contribution in [1.82, 2.24) is 0 Å². The zero-order valence-corrected chi connectivity index (χ0v) is 9.60. The van der Waals surface area contributed by atoms with E-state index in [4.69, 9.17) is 9.47 Å². The summed E-state index contributed by atoms with van der Waals surface area (Å²) in [5.41, 5.74) is 0.542. The molecule has 86 valence electrons. The maximum Gasteiger partial charge on any atom is 0.338 e. The van der Waals surface area contributed by atoms with Crippen LogP contribution in [0.25, 0.3) is 0 Å². The number of ether oxygens (including phenoxy) is 2. The molecule has 0 fully saturated rings. The molecular weight excluding hydrogens is 204 g/mol. The molecule has 0 atom stereocenters. The first-order chi connectivity index (χ1) is 7.77. The summed E-state index contributed by atoms with van der Waals surface area (Å²) < 4.78 is 10.3. The average Bonchev–Trinajstić information content (AvgIpc) is 2.30. The van der Waals surface area contributed by atoms with Gasteiger partial charge in [-0.15, -0.1) is 0 Å². The van der Waals surface area contributed by atoms with E-state index in [-0.39, 0.29) is 5.97 Å². The molecule has 0 saturated carbocycles. The summed E-state index contributed by atoms with van der Waals surface area (Å²) in [4.78, 5) is 11.3. The molecule has 1 aromatic carbocycles. The van der Waals surface area contributed by atoms with Gasteiger partial charge in [0.25, 0.3) is 0 Å². The normalized spacial score (nSPS) is 10.4. The van der Waals surface area contributed by atoms with Crippen molar-refractivity contribution in [2.24, 2.45) is 0 Å². The second-order valence-corrected chi connectivity index (χ2v) is 3.12. The van der Waals surface area contributed by atoms with Crippen molar-refractivity contribution in [3.63, 3.8) is 0 Å². The van der Waals surface area contributed by atoms with Gasteiger partial charge in [-0.2, -0.15) is 0 Å². The van der Waals surface area contributed by atoms with Crippen molar-refractivity contribution >= 4 is 5.97 Å². The molecule has 0 bridgehead atoms. The topological polar surface area (TPSA) is 35.5 Å². The summed E-state index contributed by atoms with van der Waals surface area (Å²) >= 11 is 0. The molecule has 3 heteroatoms. The van der Waals surface area contributed by atoms with Crippen molar-refractivity contribution in [3.05, 3.63) is 42.0 Å². The van der Waals surface area contributed by atoms with E-state index in [0.29, 0.717) is 18.8 Å². The number of allylic oxidation sites excluding steroid dienone is 1. The molecule has 0 amide bonds. The van der Waals surface area contributed by atoms with E-state index in [1.54, 1.807) is 31.2 Å². The van der Waals surface area contributed by atoms with Gasteiger partial charge in [0.1, 0.15) is 12.4 Å². The van der Waals surface area contributed by atoms with E-state index >= 15 is 0 Å². The number of carbonyl (C=O) groups is 1. The lowest BCUT2D eigenvalue weighted by Crippen LogP contribution is -2.04. The van der Waals surface area contributed by atoms with Gasteiger partial charge in [0.05, 0.1) is 12.2 Å². The number of carbonyl (C=O) groups excluding carboxylic acids is 1. The van der Waals surface area contributed by atoms with Gasteiger partial charge in [0, 0.05) is 0 Å². The van der Waals surface area contributed by atoms with Gasteiger partial charge >= 0.3 is 5.97 Å². The maximum atomic E-state index is 11.3.